The third kappa shape index (κ3) is 5.47. The zero-order valence-electron chi connectivity index (χ0n) is 17.0. The smallest absolute Gasteiger partial charge is 0.241 e. The Hall–Kier alpha value is -1.15. The molecule has 6 nitrogen and oxygen atoms in total. The van der Waals surface area contributed by atoms with Gasteiger partial charge in [0.05, 0.1) is 10.9 Å². The molecule has 1 saturated carbocycles. The van der Waals surface area contributed by atoms with E-state index in [9.17, 15) is 13.2 Å². The predicted molar refractivity (Wildman–Crippen MR) is 114 cm³/mol. The molecule has 1 aromatic rings. The second kappa shape index (κ2) is 8.69. The molecule has 28 heavy (non-hydrogen) atoms. The van der Waals surface area contributed by atoms with E-state index in [0.29, 0.717) is 23.2 Å². The number of benzene rings is 1. The number of hydrogen-bond acceptors (Lipinski definition) is 4. The number of nitrogens with one attached hydrogen (secondary N) is 3. The molecule has 1 heterocycles. The molecule has 1 aliphatic carbocycles. The van der Waals surface area contributed by atoms with E-state index < -0.39 is 15.6 Å². The van der Waals surface area contributed by atoms with Crippen LogP contribution in [-0.4, -0.2) is 31.9 Å². The first-order chi connectivity index (χ1) is 12.5. The summed E-state index contributed by atoms with van der Waals surface area (Å²) in [6.07, 6.45) is 5.66. The monoisotopic (exact) mass is 429 g/mol. The Bertz CT molecular complexity index is 806. The van der Waals surface area contributed by atoms with Gasteiger partial charge < -0.3 is 10.6 Å². The predicted octanol–water partition coefficient (Wildman–Crippen LogP) is 3.35. The van der Waals surface area contributed by atoms with Crippen LogP contribution in [0.2, 0.25) is 0 Å². The Morgan fingerprint density at radius 3 is 2.50 bits per heavy atom. The zero-order chi connectivity index (χ0) is 19.8. The SMILES string of the molecule is Cc1ccc(NC(=O)C2CC3CCCCC3N2)cc1S(=O)(=O)NC(C)(C)C.Cl. The minimum absolute atomic E-state index is 0. The van der Waals surface area contributed by atoms with Gasteiger partial charge in [0.25, 0.3) is 0 Å². The van der Waals surface area contributed by atoms with Crippen molar-refractivity contribution in [3.05, 3.63) is 23.8 Å². The lowest BCUT2D eigenvalue weighted by Gasteiger charge is -2.24. The molecule has 1 amide bonds. The summed E-state index contributed by atoms with van der Waals surface area (Å²) < 4.78 is 28.1. The van der Waals surface area contributed by atoms with E-state index >= 15 is 0 Å². The van der Waals surface area contributed by atoms with Gasteiger partial charge >= 0.3 is 0 Å². The lowest BCUT2D eigenvalue weighted by atomic mass is 9.85. The number of carbonyl (C=O) groups excluding carboxylic acids is 1. The highest BCUT2D eigenvalue weighted by atomic mass is 35.5. The first-order valence-electron chi connectivity index (χ1n) is 9.77. The van der Waals surface area contributed by atoms with Crippen molar-refractivity contribution < 1.29 is 13.2 Å². The van der Waals surface area contributed by atoms with Crippen molar-refractivity contribution in [2.75, 3.05) is 5.32 Å². The number of sulfonamides is 1. The van der Waals surface area contributed by atoms with E-state index in [1.165, 1.54) is 19.3 Å². The summed E-state index contributed by atoms with van der Waals surface area (Å²) in [5, 5.41) is 6.36. The maximum Gasteiger partial charge on any atom is 0.241 e. The molecule has 3 atom stereocenters. The molecular formula is C20H32ClN3O3S. The van der Waals surface area contributed by atoms with E-state index in [1.54, 1.807) is 45.9 Å². The molecule has 1 saturated heterocycles. The average molecular weight is 430 g/mol. The first-order valence-corrected chi connectivity index (χ1v) is 11.2. The van der Waals surface area contributed by atoms with Crippen LogP contribution in [0, 0.1) is 12.8 Å². The fourth-order valence-corrected chi connectivity index (χ4v) is 5.87. The lowest BCUT2D eigenvalue weighted by molar-refractivity contribution is -0.117. The molecule has 8 heteroatoms. The summed E-state index contributed by atoms with van der Waals surface area (Å²) in [7, 11) is -3.66. The molecule has 158 valence electrons. The highest BCUT2D eigenvalue weighted by molar-refractivity contribution is 7.89. The van der Waals surface area contributed by atoms with Crippen LogP contribution < -0.4 is 15.4 Å². The summed E-state index contributed by atoms with van der Waals surface area (Å²) in [5.41, 5.74) is 0.584. The molecular weight excluding hydrogens is 398 g/mol. The number of rotatable bonds is 4. The number of fused-ring (bicyclic) bond motifs is 1. The lowest BCUT2D eigenvalue weighted by Crippen LogP contribution is -2.41. The summed E-state index contributed by atoms with van der Waals surface area (Å²) in [6.45, 7) is 7.16. The van der Waals surface area contributed by atoms with E-state index in [2.05, 4.69) is 15.4 Å². The van der Waals surface area contributed by atoms with E-state index in [0.717, 1.165) is 12.8 Å². The van der Waals surface area contributed by atoms with Crippen molar-refractivity contribution in [1.82, 2.24) is 10.0 Å². The number of hydrogen-bond donors (Lipinski definition) is 3. The van der Waals surface area contributed by atoms with Gasteiger partial charge in [0, 0.05) is 17.3 Å². The second-order valence-corrected chi connectivity index (χ2v) is 10.6. The third-order valence-corrected chi connectivity index (χ3v) is 7.26. The van der Waals surface area contributed by atoms with Gasteiger partial charge in [-0.3, -0.25) is 4.79 Å². The van der Waals surface area contributed by atoms with Crippen LogP contribution in [0.3, 0.4) is 0 Å². The molecule has 2 fully saturated rings. The van der Waals surface area contributed by atoms with Crippen molar-refractivity contribution in [1.29, 1.82) is 0 Å². The zero-order valence-corrected chi connectivity index (χ0v) is 18.7. The normalized spacial score (nSPS) is 24.9. The summed E-state index contributed by atoms with van der Waals surface area (Å²) in [4.78, 5) is 12.9. The second-order valence-electron chi connectivity index (χ2n) is 8.93. The Morgan fingerprint density at radius 1 is 1.18 bits per heavy atom. The van der Waals surface area contributed by atoms with Crippen molar-refractivity contribution in [3.8, 4) is 0 Å². The van der Waals surface area contributed by atoms with Gasteiger partial charge in [0.1, 0.15) is 0 Å². The number of carbonyl (C=O) groups is 1. The Kier molecular flexibility index (Phi) is 7.18. The third-order valence-electron chi connectivity index (χ3n) is 5.37. The molecule has 1 aliphatic heterocycles. The van der Waals surface area contributed by atoms with E-state index in [-0.39, 0.29) is 29.3 Å². The van der Waals surface area contributed by atoms with Crippen LogP contribution in [0.5, 0.6) is 0 Å². The van der Waals surface area contributed by atoms with Crippen LogP contribution in [0.15, 0.2) is 23.1 Å². The Balaban J connectivity index is 0.00000280. The van der Waals surface area contributed by atoms with Gasteiger partial charge in [-0.2, -0.15) is 0 Å². The van der Waals surface area contributed by atoms with Gasteiger partial charge in [0.15, 0.2) is 0 Å². The van der Waals surface area contributed by atoms with Crippen LogP contribution in [0.4, 0.5) is 5.69 Å². The molecule has 3 rings (SSSR count). The van der Waals surface area contributed by atoms with Gasteiger partial charge in [-0.1, -0.05) is 18.9 Å². The summed E-state index contributed by atoms with van der Waals surface area (Å²) >= 11 is 0. The van der Waals surface area contributed by atoms with Gasteiger partial charge in [-0.25, -0.2) is 13.1 Å². The number of aryl methyl sites for hydroxylation is 1. The minimum atomic E-state index is -3.66. The quantitative estimate of drug-likeness (QED) is 0.684. The Labute approximate surface area is 174 Å². The van der Waals surface area contributed by atoms with Crippen LogP contribution >= 0.6 is 12.4 Å². The molecule has 0 spiro atoms. The first kappa shape index (κ1) is 23.1. The molecule has 0 radical (unpaired) electrons. The Morgan fingerprint density at radius 2 is 1.86 bits per heavy atom. The topological polar surface area (TPSA) is 87.3 Å². The van der Waals surface area contributed by atoms with Gasteiger partial charge in [-0.15, -0.1) is 12.4 Å². The highest BCUT2D eigenvalue weighted by Gasteiger charge is 2.38. The maximum absolute atomic E-state index is 12.7. The molecule has 3 N–H and O–H groups in total. The minimum Gasteiger partial charge on any atom is -0.325 e. The fourth-order valence-electron chi connectivity index (χ4n) is 4.18. The molecule has 1 aromatic carbocycles. The fraction of sp³-hybridized carbons (Fsp3) is 0.650. The molecule has 3 unspecified atom stereocenters. The molecule has 2 aliphatic rings. The van der Waals surface area contributed by atoms with E-state index in [1.807, 2.05) is 0 Å². The van der Waals surface area contributed by atoms with Crippen LogP contribution in [0.1, 0.15) is 58.4 Å². The summed E-state index contributed by atoms with van der Waals surface area (Å²) in [5.74, 6) is 0.500. The van der Waals surface area contributed by atoms with E-state index in [4.69, 9.17) is 0 Å². The number of anilines is 1. The van der Waals surface area contributed by atoms with Gasteiger partial charge in [0.2, 0.25) is 15.9 Å². The largest absolute Gasteiger partial charge is 0.325 e. The maximum atomic E-state index is 12.7. The number of amides is 1. The molecule has 0 aromatic heterocycles. The van der Waals surface area contributed by atoms with Crippen LogP contribution in [-0.2, 0) is 14.8 Å². The summed E-state index contributed by atoms with van der Waals surface area (Å²) in [6, 6.07) is 5.27. The average Bonchev–Trinajstić information content (AvgIpc) is 2.98. The highest BCUT2D eigenvalue weighted by Crippen LogP contribution is 2.33. The van der Waals surface area contributed by atoms with Crippen LogP contribution in [0.25, 0.3) is 0 Å². The van der Waals surface area contributed by atoms with Crippen molar-refractivity contribution in [2.45, 2.75) is 82.3 Å². The van der Waals surface area contributed by atoms with Crippen molar-refractivity contribution in [3.63, 3.8) is 0 Å². The van der Waals surface area contributed by atoms with Gasteiger partial charge in [-0.05, 0) is 70.6 Å². The molecule has 0 bridgehead atoms. The van der Waals surface area contributed by atoms with Crippen molar-refractivity contribution >= 4 is 34.0 Å². The number of halogens is 1. The standard InChI is InChI=1S/C20H31N3O3S.ClH/c1-13-9-10-15(12-18(13)27(25,26)23-20(2,3)4)21-19(24)17-11-14-7-5-6-8-16(14)22-17;/h9-10,12,14,16-17,22-23H,5-8,11H2,1-4H3,(H,21,24);1H. The van der Waals surface area contributed by atoms with Crippen molar-refractivity contribution in [2.24, 2.45) is 5.92 Å².